The van der Waals surface area contributed by atoms with E-state index in [1.54, 1.807) is 12.1 Å². The maximum absolute atomic E-state index is 11.3. The SMILES string of the molecule is COC(=O)c1ccc(NC(=S)NC2CCCC2)cc1. The fraction of sp³-hybridized carbons (Fsp3) is 0.429. The van der Waals surface area contributed by atoms with Crippen molar-refractivity contribution in [2.75, 3.05) is 12.4 Å². The zero-order valence-electron chi connectivity index (χ0n) is 10.9. The second-order valence-electron chi connectivity index (χ2n) is 4.65. The summed E-state index contributed by atoms with van der Waals surface area (Å²) >= 11 is 5.27. The van der Waals surface area contributed by atoms with E-state index in [0.717, 1.165) is 5.69 Å². The van der Waals surface area contributed by atoms with Crippen LogP contribution in [0.2, 0.25) is 0 Å². The van der Waals surface area contributed by atoms with Crippen LogP contribution in [0.3, 0.4) is 0 Å². The van der Waals surface area contributed by atoms with E-state index in [1.807, 2.05) is 12.1 Å². The highest BCUT2D eigenvalue weighted by Gasteiger charge is 2.15. The van der Waals surface area contributed by atoms with Crippen LogP contribution < -0.4 is 10.6 Å². The minimum Gasteiger partial charge on any atom is -0.465 e. The van der Waals surface area contributed by atoms with Gasteiger partial charge in [-0.05, 0) is 49.3 Å². The summed E-state index contributed by atoms with van der Waals surface area (Å²) in [6, 6.07) is 7.55. The van der Waals surface area contributed by atoms with Crippen LogP contribution in [0.1, 0.15) is 36.0 Å². The summed E-state index contributed by atoms with van der Waals surface area (Å²) in [4.78, 5) is 11.3. The molecule has 5 heteroatoms. The number of hydrogen-bond acceptors (Lipinski definition) is 3. The first-order valence-electron chi connectivity index (χ1n) is 6.45. The van der Waals surface area contributed by atoms with Crippen molar-refractivity contribution in [2.24, 2.45) is 0 Å². The van der Waals surface area contributed by atoms with Gasteiger partial charge in [-0.15, -0.1) is 0 Å². The molecule has 1 saturated carbocycles. The molecule has 1 aliphatic carbocycles. The van der Waals surface area contributed by atoms with Gasteiger partial charge >= 0.3 is 5.97 Å². The minimum absolute atomic E-state index is 0.335. The maximum Gasteiger partial charge on any atom is 0.337 e. The van der Waals surface area contributed by atoms with Gasteiger partial charge in [-0.3, -0.25) is 0 Å². The van der Waals surface area contributed by atoms with Crippen molar-refractivity contribution >= 4 is 29.0 Å². The molecule has 0 atom stereocenters. The Hall–Kier alpha value is -1.62. The van der Waals surface area contributed by atoms with Gasteiger partial charge in [-0.25, -0.2) is 4.79 Å². The Kier molecular flexibility index (Phi) is 4.74. The molecule has 1 fully saturated rings. The number of hydrogen-bond donors (Lipinski definition) is 2. The van der Waals surface area contributed by atoms with Crippen molar-refractivity contribution in [1.29, 1.82) is 0 Å². The highest BCUT2D eigenvalue weighted by atomic mass is 32.1. The highest BCUT2D eigenvalue weighted by molar-refractivity contribution is 7.80. The Morgan fingerprint density at radius 1 is 1.26 bits per heavy atom. The van der Waals surface area contributed by atoms with Crippen LogP contribution in [-0.2, 0) is 4.74 Å². The van der Waals surface area contributed by atoms with Gasteiger partial charge in [0.15, 0.2) is 5.11 Å². The van der Waals surface area contributed by atoms with Crippen LogP contribution in [-0.4, -0.2) is 24.2 Å². The smallest absolute Gasteiger partial charge is 0.337 e. The fourth-order valence-corrected chi connectivity index (χ4v) is 2.51. The van der Waals surface area contributed by atoms with Gasteiger partial charge in [-0.2, -0.15) is 0 Å². The summed E-state index contributed by atoms with van der Waals surface area (Å²) in [6.07, 6.45) is 4.91. The number of carbonyl (C=O) groups is 1. The first-order chi connectivity index (χ1) is 9.19. The molecule has 0 bridgehead atoms. The van der Waals surface area contributed by atoms with Gasteiger partial charge in [0.1, 0.15) is 0 Å². The second-order valence-corrected chi connectivity index (χ2v) is 5.06. The molecule has 19 heavy (non-hydrogen) atoms. The van der Waals surface area contributed by atoms with Crippen molar-refractivity contribution in [3.05, 3.63) is 29.8 Å². The first kappa shape index (κ1) is 13.8. The van der Waals surface area contributed by atoms with E-state index in [0.29, 0.717) is 16.7 Å². The summed E-state index contributed by atoms with van der Waals surface area (Å²) in [5.74, 6) is -0.335. The summed E-state index contributed by atoms with van der Waals surface area (Å²) in [6.45, 7) is 0. The minimum atomic E-state index is -0.335. The molecule has 0 amide bonds. The van der Waals surface area contributed by atoms with E-state index in [1.165, 1.54) is 32.8 Å². The molecule has 0 unspecified atom stereocenters. The van der Waals surface area contributed by atoms with E-state index in [-0.39, 0.29) is 5.97 Å². The summed E-state index contributed by atoms with van der Waals surface area (Å²) in [5.41, 5.74) is 1.39. The number of methoxy groups -OCH3 is 1. The number of rotatable bonds is 3. The lowest BCUT2D eigenvalue weighted by Crippen LogP contribution is -2.35. The van der Waals surface area contributed by atoms with Crippen molar-refractivity contribution < 1.29 is 9.53 Å². The Morgan fingerprint density at radius 3 is 2.47 bits per heavy atom. The molecule has 1 aliphatic rings. The molecular weight excluding hydrogens is 260 g/mol. The topological polar surface area (TPSA) is 50.4 Å². The fourth-order valence-electron chi connectivity index (χ4n) is 2.23. The number of esters is 1. The first-order valence-corrected chi connectivity index (χ1v) is 6.86. The van der Waals surface area contributed by atoms with Crippen LogP contribution in [0, 0.1) is 0 Å². The number of ether oxygens (including phenoxy) is 1. The molecule has 0 aromatic heterocycles. The molecule has 1 aromatic rings. The number of nitrogens with one attached hydrogen (secondary N) is 2. The summed E-state index contributed by atoms with van der Waals surface area (Å²) in [7, 11) is 1.37. The van der Waals surface area contributed by atoms with Crippen LogP contribution in [0.5, 0.6) is 0 Å². The third-order valence-electron chi connectivity index (χ3n) is 3.25. The third-order valence-corrected chi connectivity index (χ3v) is 3.47. The monoisotopic (exact) mass is 278 g/mol. The van der Waals surface area contributed by atoms with Gasteiger partial charge in [-0.1, -0.05) is 12.8 Å². The van der Waals surface area contributed by atoms with E-state index < -0.39 is 0 Å². The zero-order chi connectivity index (χ0) is 13.7. The van der Waals surface area contributed by atoms with Crippen LogP contribution >= 0.6 is 12.2 Å². The number of benzene rings is 1. The Bertz CT molecular complexity index is 453. The zero-order valence-corrected chi connectivity index (χ0v) is 11.8. The van der Waals surface area contributed by atoms with Gasteiger partial charge in [0.05, 0.1) is 12.7 Å². The molecule has 4 nitrogen and oxygen atoms in total. The molecule has 0 radical (unpaired) electrons. The van der Waals surface area contributed by atoms with Crippen LogP contribution in [0.25, 0.3) is 0 Å². The summed E-state index contributed by atoms with van der Waals surface area (Å²) in [5, 5.41) is 7.06. The standard InChI is InChI=1S/C14H18N2O2S/c1-18-13(17)10-6-8-12(9-7-10)16-14(19)15-11-4-2-3-5-11/h6-9,11H,2-5H2,1H3,(H2,15,16,19). The highest BCUT2D eigenvalue weighted by Crippen LogP contribution is 2.18. The maximum atomic E-state index is 11.3. The lowest BCUT2D eigenvalue weighted by molar-refractivity contribution is 0.0601. The molecule has 2 rings (SSSR count). The molecule has 0 spiro atoms. The van der Waals surface area contributed by atoms with Crippen molar-refractivity contribution in [2.45, 2.75) is 31.7 Å². The second kappa shape index (κ2) is 6.52. The Morgan fingerprint density at radius 2 is 1.89 bits per heavy atom. The normalized spacial score (nSPS) is 15.0. The van der Waals surface area contributed by atoms with Gasteiger partial charge in [0.2, 0.25) is 0 Å². The Labute approximate surface area is 118 Å². The predicted molar refractivity (Wildman–Crippen MR) is 79.4 cm³/mol. The molecule has 102 valence electrons. The quantitative estimate of drug-likeness (QED) is 0.657. The molecule has 0 heterocycles. The van der Waals surface area contributed by atoms with Gasteiger partial charge in [0, 0.05) is 11.7 Å². The molecule has 0 aliphatic heterocycles. The van der Waals surface area contributed by atoms with Crippen LogP contribution in [0.4, 0.5) is 5.69 Å². The van der Waals surface area contributed by atoms with E-state index in [4.69, 9.17) is 12.2 Å². The van der Waals surface area contributed by atoms with Gasteiger partial charge in [0.25, 0.3) is 0 Å². The number of anilines is 1. The average Bonchev–Trinajstić information content (AvgIpc) is 2.91. The summed E-state index contributed by atoms with van der Waals surface area (Å²) < 4.78 is 4.65. The van der Waals surface area contributed by atoms with Crippen molar-refractivity contribution in [3.63, 3.8) is 0 Å². The largest absolute Gasteiger partial charge is 0.465 e. The molecule has 1 aromatic carbocycles. The van der Waals surface area contributed by atoms with E-state index >= 15 is 0 Å². The third kappa shape index (κ3) is 3.92. The van der Waals surface area contributed by atoms with E-state index in [9.17, 15) is 4.79 Å². The average molecular weight is 278 g/mol. The van der Waals surface area contributed by atoms with Crippen molar-refractivity contribution in [3.8, 4) is 0 Å². The lowest BCUT2D eigenvalue weighted by Gasteiger charge is -2.15. The number of thiocarbonyl (C=S) groups is 1. The molecular formula is C14H18N2O2S. The number of carbonyl (C=O) groups excluding carboxylic acids is 1. The molecule has 2 N–H and O–H groups in total. The van der Waals surface area contributed by atoms with Gasteiger partial charge < -0.3 is 15.4 Å². The van der Waals surface area contributed by atoms with E-state index in [2.05, 4.69) is 15.4 Å². The van der Waals surface area contributed by atoms with Crippen LogP contribution in [0.15, 0.2) is 24.3 Å². The predicted octanol–water partition coefficient (Wildman–Crippen LogP) is 2.70. The molecule has 0 saturated heterocycles. The lowest BCUT2D eigenvalue weighted by atomic mass is 10.2. The van der Waals surface area contributed by atoms with Crippen molar-refractivity contribution in [1.82, 2.24) is 5.32 Å². The Balaban J connectivity index is 1.88.